The molecule has 1 fully saturated rings. The molecule has 1 aromatic carbocycles. The average Bonchev–Trinajstić information content (AvgIpc) is 3.01. The summed E-state index contributed by atoms with van der Waals surface area (Å²) in [6, 6.07) is 10.2. The van der Waals surface area contributed by atoms with Gasteiger partial charge in [0.1, 0.15) is 5.37 Å². The third-order valence-corrected chi connectivity index (χ3v) is 5.08. The number of pyridine rings is 1. The summed E-state index contributed by atoms with van der Waals surface area (Å²) in [4.78, 5) is 40.0. The lowest BCUT2D eigenvalue weighted by Crippen LogP contribution is -2.48. The number of halogens is 1. The Balaban J connectivity index is 1.59. The highest BCUT2D eigenvalue weighted by molar-refractivity contribution is 8.00. The minimum Gasteiger partial charge on any atom is -0.343 e. The molecule has 3 rings (SSSR count). The van der Waals surface area contributed by atoms with Crippen LogP contribution >= 0.6 is 23.4 Å². The number of aromatic nitrogens is 1. The number of thioether (sulfide) groups is 1. The highest BCUT2D eigenvalue weighted by Crippen LogP contribution is 2.37. The maximum atomic E-state index is 12.1. The number of carbonyl (C=O) groups is 3. The number of nitrogens with zero attached hydrogens (tertiary/aromatic N) is 2. The summed E-state index contributed by atoms with van der Waals surface area (Å²) in [6.07, 6.45) is 2.98. The molecular formula is C17H15ClN4O3S. The molecule has 1 aliphatic rings. The second kappa shape index (κ2) is 8.20. The number of amides is 3. The molecule has 1 unspecified atom stereocenters. The Kier molecular flexibility index (Phi) is 5.75. The lowest BCUT2D eigenvalue weighted by Gasteiger charge is -2.24. The van der Waals surface area contributed by atoms with Crippen LogP contribution in [0.5, 0.6) is 0 Å². The van der Waals surface area contributed by atoms with Crippen LogP contribution in [0.25, 0.3) is 0 Å². The van der Waals surface area contributed by atoms with E-state index < -0.39 is 5.91 Å². The van der Waals surface area contributed by atoms with Crippen molar-refractivity contribution in [1.29, 1.82) is 0 Å². The van der Waals surface area contributed by atoms with Gasteiger partial charge in [-0.15, -0.1) is 11.8 Å². The number of benzene rings is 1. The molecule has 2 aromatic rings. The summed E-state index contributed by atoms with van der Waals surface area (Å²) in [5.41, 5.74) is 3.82. The number of carbonyl (C=O) groups excluding carboxylic acids is 3. The summed E-state index contributed by atoms with van der Waals surface area (Å²) < 4.78 is 0. The maximum Gasteiger partial charge on any atom is 0.258 e. The first-order chi connectivity index (χ1) is 12.5. The molecule has 1 aliphatic heterocycles. The molecule has 0 spiro atoms. The van der Waals surface area contributed by atoms with Gasteiger partial charge < -0.3 is 5.32 Å². The van der Waals surface area contributed by atoms with Crippen molar-refractivity contribution in [2.24, 2.45) is 0 Å². The van der Waals surface area contributed by atoms with E-state index in [4.69, 9.17) is 11.6 Å². The van der Waals surface area contributed by atoms with Crippen LogP contribution in [0.2, 0.25) is 5.02 Å². The van der Waals surface area contributed by atoms with E-state index in [1.54, 1.807) is 24.3 Å². The summed E-state index contributed by atoms with van der Waals surface area (Å²) in [5.74, 6) is -0.818. The number of rotatable bonds is 5. The Morgan fingerprint density at radius 2 is 1.88 bits per heavy atom. The lowest BCUT2D eigenvalue weighted by atomic mass is 10.2. The van der Waals surface area contributed by atoms with E-state index in [0.29, 0.717) is 10.6 Å². The second-order valence-electron chi connectivity index (χ2n) is 5.43. The summed E-state index contributed by atoms with van der Waals surface area (Å²) in [6.45, 7) is -0.247. The van der Waals surface area contributed by atoms with E-state index in [9.17, 15) is 14.4 Å². The molecule has 1 aromatic heterocycles. The summed E-state index contributed by atoms with van der Waals surface area (Å²) >= 11 is 7.29. The molecule has 2 heterocycles. The van der Waals surface area contributed by atoms with Crippen molar-refractivity contribution in [1.82, 2.24) is 20.7 Å². The standard InChI is InChI=1S/C17H15ClN4O3S/c18-13-3-1-12(2-4-13)17-22(15(24)10-26-17)21-14(23)9-20-16(25)11-5-7-19-8-6-11/h1-8,17H,9-10H2,(H,20,25)(H,21,23). The van der Waals surface area contributed by atoms with Gasteiger partial charge in [-0.05, 0) is 29.8 Å². The van der Waals surface area contributed by atoms with Gasteiger partial charge in [-0.1, -0.05) is 23.7 Å². The smallest absolute Gasteiger partial charge is 0.258 e. The third kappa shape index (κ3) is 4.33. The molecule has 3 amide bonds. The van der Waals surface area contributed by atoms with Crippen LogP contribution in [0.1, 0.15) is 21.3 Å². The van der Waals surface area contributed by atoms with Crippen LogP contribution in [0.3, 0.4) is 0 Å². The van der Waals surface area contributed by atoms with Gasteiger partial charge in [0.25, 0.3) is 17.7 Å². The van der Waals surface area contributed by atoms with Gasteiger partial charge in [0.2, 0.25) is 0 Å². The van der Waals surface area contributed by atoms with Gasteiger partial charge in [0.05, 0.1) is 12.3 Å². The van der Waals surface area contributed by atoms with Crippen LogP contribution < -0.4 is 10.7 Å². The zero-order valence-corrected chi connectivity index (χ0v) is 15.1. The first-order valence-corrected chi connectivity index (χ1v) is 9.14. The molecule has 1 atom stereocenters. The molecule has 1 saturated heterocycles. The van der Waals surface area contributed by atoms with Gasteiger partial charge in [0, 0.05) is 23.0 Å². The number of nitrogens with one attached hydrogen (secondary N) is 2. The van der Waals surface area contributed by atoms with Crippen molar-refractivity contribution in [3.8, 4) is 0 Å². The Morgan fingerprint density at radius 1 is 1.19 bits per heavy atom. The van der Waals surface area contributed by atoms with Gasteiger partial charge in [-0.25, -0.2) is 5.01 Å². The monoisotopic (exact) mass is 390 g/mol. The minimum absolute atomic E-state index is 0.205. The summed E-state index contributed by atoms with van der Waals surface area (Å²) in [5, 5.41) is 4.06. The Labute approximate surface area is 159 Å². The van der Waals surface area contributed by atoms with E-state index >= 15 is 0 Å². The van der Waals surface area contributed by atoms with Crippen LogP contribution in [-0.4, -0.2) is 40.0 Å². The zero-order chi connectivity index (χ0) is 18.5. The number of hydrazine groups is 1. The fraction of sp³-hybridized carbons (Fsp3) is 0.176. The topological polar surface area (TPSA) is 91.4 Å². The van der Waals surface area contributed by atoms with Crippen LogP contribution in [0.15, 0.2) is 48.8 Å². The fourth-order valence-electron chi connectivity index (χ4n) is 2.36. The molecule has 0 bridgehead atoms. The van der Waals surface area contributed by atoms with Gasteiger partial charge in [0.15, 0.2) is 0 Å². The van der Waals surface area contributed by atoms with E-state index in [1.807, 2.05) is 12.1 Å². The molecule has 26 heavy (non-hydrogen) atoms. The van der Waals surface area contributed by atoms with E-state index in [-0.39, 0.29) is 29.5 Å². The highest BCUT2D eigenvalue weighted by atomic mass is 35.5. The minimum atomic E-state index is -0.484. The normalized spacial score (nSPS) is 16.4. The zero-order valence-electron chi connectivity index (χ0n) is 13.5. The first kappa shape index (κ1) is 18.2. The lowest BCUT2D eigenvalue weighted by molar-refractivity contribution is -0.138. The van der Waals surface area contributed by atoms with Crippen LogP contribution in [0, 0.1) is 0 Å². The van der Waals surface area contributed by atoms with Crippen molar-refractivity contribution in [2.45, 2.75) is 5.37 Å². The predicted molar refractivity (Wildman–Crippen MR) is 98.2 cm³/mol. The van der Waals surface area contributed by atoms with Gasteiger partial charge in [-0.2, -0.15) is 0 Å². The maximum absolute atomic E-state index is 12.1. The Morgan fingerprint density at radius 3 is 2.58 bits per heavy atom. The number of hydrogen-bond acceptors (Lipinski definition) is 5. The molecular weight excluding hydrogens is 376 g/mol. The predicted octanol–water partition coefficient (Wildman–Crippen LogP) is 1.77. The Bertz CT molecular complexity index is 817. The van der Waals surface area contributed by atoms with E-state index in [1.165, 1.54) is 29.2 Å². The second-order valence-corrected chi connectivity index (χ2v) is 6.94. The molecule has 0 saturated carbocycles. The molecule has 0 radical (unpaired) electrons. The SMILES string of the molecule is O=C(CNC(=O)c1ccncc1)NN1C(=O)CSC1c1ccc(Cl)cc1. The van der Waals surface area contributed by atoms with Gasteiger partial charge >= 0.3 is 0 Å². The molecule has 7 nitrogen and oxygen atoms in total. The van der Waals surface area contributed by atoms with Crippen LogP contribution in [-0.2, 0) is 9.59 Å². The first-order valence-electron chi connectivity index (χ1n) is 7.71. The van der Waals surface area contributed by atoms with Gasteiger partial charge in [-0.3, -0.25) is 24.8 Å². The summed E-state index contributed by atoms with van der Waals surface area (Å²) in [7, 11) is 0. The average molecular weight is 391 g/mol. The van der Waals surface area contributed by atoms with Crippen molar-refractivity contribution in [3.63, 3.8) is 0 Å². The number of hydrogen-bond donors (Lipinski definition) is 2. The fourth-order valence-corrected chi connectivity index (χ4v) is 3.59. The van der Waals surface area contributed by atoms with Crippen molar-refractivity contribution in [2.75, 3.05) is 12.3 Å². The Hall–Kier alpha value is -2.58. The van der Waals surface area contributed by atoms with Crippen LogP contribution in [0.4, 0.5) is 0 Å². The van der Waals surface area contributed by atoms with E-state index in [0.717, 1.165) is 5.56 Å². The molecule has 2 N–H and O–H groups in total. The highest BCUT2D eigenvalue weighted by Gasteiger charge is 2.34. The van der Waals surface area contributed by atoms with E-state index in [2.05, 4.69) is 15.7 Å². The molecule has 0 aliphatic carbocycles. The van der Waals surface area contributed by atoms with Crippen molar-refractivity contribution >= 4 is 41.1 Å². The molecule has 134 valence electrons. The largest absolute Gasteiger partial charge is 0.343 e. The quantitative estimate of drug-likeness (QED) is 0.811. The van der Waals surface area contributed by atoms with Crippen molar-refractivity contribution in [3.05, 3.63) is 64.9 Å². The van der Waals surface area contributed by atoms with Crippen molar-refractivity contribution < 1.29 is 14.4 Å². The molecule has 9 heteroatoms. The third-order valence-electron chi connectivity index (χ3n) is 3.62.